The van der Waals surface area contributed by atoms with Crippen LogP contribution in [-0.4, -0.2) is 35.2 Å². The third-order valence-electron chi connectivity index (χ3n) is 3.15. The van der Waals surface area contributed by atoms with Crippen LogP contribution in [-0.2, 0) is 4.79 Å². The van der Waals surface area contributed by atoms with Gasteiger partial charge in [0.05, 0.1) is 11.9 Å². The van der Waals surface area contributed by atoms with Gasteiger partial charge in [-0.3, -0.25) is 4.79 Å². The Morgan fingerprint density at radius 3 is 2.86 bits per heavy atom. The van der Waals surface area contributed by atoms with E-state index in [4.69, 9.17) is 5.11 Å². The van der Waals surface area contributed by atoms with Gasteiger partial charge < -0.3 is 10.4 Å². The predicted octanol–water partition coefficient (Wildman–Crippen LogP) is 0.771. The summed E-state index contributed by atoms with van der Waals surface area (Å²) in [4.78, 5) is 11.6. The van der Waals surface area contributed by atoms with Gasteiger partial charge in [-0.15, -0.1) is 11.8 Å². The first-order valence-corrected chi connectivity index (χ1v) is 6.31. The molecule has 1 aliphatic carbocycles. The largest absolute Gasteiger partial charge is 0.396 e. The Morgan fingerprint density at radius 1 is 1.57 bits per heavy atom. The zero-order valence-electron chi connectivity index (χ0n) is 8.29. The molecule has 1 saturated heterocycles. The van der Waals surface area contributed by atoms with E-state index in [9.17, 15) is 4.79 Å². The molecule has 2 fully saturated rings. The summed E-state index contributed by atoms with van der Waals surface area (Å²) in [5, 5.41) is 12.2. The highest BCUT2D eigenvalue weighted by atomic mass is 32.2. The zero-order chi connectivity index (χ0) is 10.0. The Hall–Kier alpha value is -0.220. The molecule has 2 aliphatic rings. The van der Waals surface area contributed by atoms with Crippen LogP contribution in [0.2, 0.25) is 0 Å². The van der Waals surface area contributed by atoms with Gasteiger partial charge in [0.15, 0.2) is 0 Å². The van der Waals surface area contributed by atoms with Gasteiger partial charge in [-0.1, -0.05) is 0 Å². The molecule has 0 radical (unpaired) electrons. The molecule has 3 nitrogen and oxygen atoms in total. The van der Waals surface area contributed by atoms with Crippen molar-refractivity contribution in [3.63, 3.8) is 0 Å². The summed E-state index contributed by atoms with van der Waals surface area (Å²) >= 11 is 1.75. The highest BCUT2D eigenvalue weighted by molar-refractivity contribution is 8.00. The van der Waals surface area contributed by atoms with Gasteiger partial charge in [0, 0.05) is 12.0 Å². The molecule has 1 saturated carbocycles. The summed E-state index contributed by atoms with van der Waals surface area (Å²) in [6.45, 7) is 0.879. The summed E-state index contributed by atoms with van der Waals surface area (Å²) in [6, 6.07) is 0. The van der Waals surface area contributed by atoms with Crippen LogP contribution in [0, 0.1) is 5.41 Å². The van der Waals surface area contributed by atoms with Gasteiger partial charge in [0.25, 0.3) is 0 Å². The second-order valence-corrected chi connectivity index (χ2v) is 5.69. The van der Waals surface area contributed by atoms with Crippen molar-refractivity contribution in [2.45, 2.75) is 30.9 Å². The fourth-order valence-electron chi connectivity index (χ4n) is 1.74. The molecule has 1 aliphatic heterocycles. The van der Waals surface area contributed by atoms with E-state index >= 15 is 0 Å². The molecule has 4 heteroatoms. The quantitative estimate of drug-likeness (QED) is 0.728. The lowest BCUT2D eigenvalue weighted by Gasteiger charge is -2.15. The van der Waals surface area contributed by atoms with E-state index < -0.39 is 0 Å². The number of carbonyl (C=O) groups is 1. The van der Waals surface area contributed by atoms with E-state index in [1.165, 1.54) is 0 Å². The van der Waals surface area contributed by atoms with Crippen molar-refractivity contribution in [3.05, 3.63) is 0 Å². The first-order chi connectivity index (χ1) is 6.76. The summed E-state index contributed by atoms with van der Waals surface area (Å²) in [5.74, 6) is 1.29. The van der Waals surface area contributed by atoms with Crippen LogP contribution in [0.1, 0.15) is 25.7 Å². The van der Waals surface area contributed by atoms with Crippen molar-refractivity contribution in [2.75, 3.05) is 18.9 Å². The van der Waals surface area contributed by atoms with Gasteiger partial charge in [-0.2, -0.15) is 0 Å². The monoisotopic (exact) mass is 215 g/mol. The lowest BCUT2D eigenvalue weighted by Crippen LogP contribution is -2.36. The number of aliphatic hydroxyl groups is 1. The number of hydrogen-bond donors (Lipinski definition) is 2. The molecule has 0 aromatic heterocycles. The molecule has 0 spiro atoms. The summed E-state index contributed by atoms with van der Waals surface area (Å²) in [7, 11) is 0. The van der Waals surface area contributed by atoms with Gasteiger partial charge in [0.2, 0.25) is 5.91 Å². The fraction of sp³-hybridized carbons (Fsp3) is 0.900. The number of aliphatic hydroxyl groups excluding tert-OH is 1. The maximum atomic E-state index is 11.6. The van der Waals surface area contributed by atoms with Gasteiger partial charge in [0.1, 0.15) is 0 Å². The third-order valence-corrected chi connectivity index (χ3v) is 4.53. The van der Waals surface area contributed by atoms with Crippen LogP contribution in [0.15, 0.2) is 0 Å². The van der Waals surface area contributed by atoms with Crippen molar-refractivity contribution in [1.29, 1.82) is 0 Å². The lowest BCUT2D eigenvalue weighted by molar-refractivity contribution is -0.120. The molecule has 1 unspecified atom stereocenters. The molecule has 1 amide bonds. The van der Waals surface area contributed by atoms with Crippen LogP contribution in [0.4, 0.5) is 0 Å². The Balaban J connectivity index is 1.72. The van der Waals surface area contributed by atoms with Crippen LogP contribution in [0.3, 0.4) is 0 Å². The van der Waals surface area contributed by atoms with Gasteiger partial charge >= 0.3 is 0 Å². The molecule has 2 N–H and O–H groups in total. The van der Waals surface area contributed by atoms with E-state index in [-0.39, 0.29) is 23.2 Å². The minimum Gasteiger partial charge on any atom is -0.396 e. The minimum absolute atomic E-state index is 0.0406. The van der Waals surface area contributed by atoms with Gasteiger partial charge in [-0.05, 0) is 31.4 Å². The molecular formula is C10H17NO2S. The fourth-order valence-corrected chi connectivity index (χ4v) is 2.93. The van der Waals surface area contributed by atoms with Crippen molar-refractivity contribution in [3.8, 4) is 0 Å². The molecule has 2 rings (SSSR count). The smallest absolute Gasteiger partial charge is 0.233 e. The number of hydrogen-bond acceptors (Lipinski definition) is 3. The average molecular weight is 215 g/mol. The van der Waals surface area contributed by atoms with Crippen LogP contribution in [0.25, 0.3) is 0 Å². The molecule has 14 heavy (non-hydrogen) atoms. The first-order valence-electron chi connectivity index (χ1n) is 5.26. The Bertz CT molecular complexity index is 222. The SMILES string of the molecule is O=C(NCC1(CO)CC1)C1CCCS1. The predicted molar refractivity (Wildman–Crippen MR) is 57.2 cm³/mol. The highest BCUT2D eigenvalue weighted by Gasteiger charge is 2.42. The zero-order valence-corrected chi connectivity index (χ0v) is 9.11. The van der Waals surface area contributed by atoms with Crippen molar-refractivity contribution >= 4 is 17.7 Å². The summed E-state index contributed by atoms with van der Waals surface area (Å²) < 4.78 is 0. The summed E-state index contributed by atoms with van der Waals surface area (Å²) in [6.07, 6.45) is 4.29. The lowest BCUT2D eigenvalue weighted by atomic mass is 10.1. The Morgan fingerprint density at radius 2 is 2.36 bits per heavy atom. The number of rotatable bonds is 4. The van der Waals surface area contributed by atoms with Crippen molar-refractivity contribution in [1.82, 2.24) is 5.32 Å². The maximum absolute atomic E-state index is 11.6. The molecule has 0 bridgehead atoms. The first kappa shape index (κ1) is 10.3. The molecule has 1 heterocycles. The van der Waals surface area contributed by atoms with Crippen molar-refractivity contribution < 1.29 is 9.90 Å². The van der Waals surface area contributed by atoms with E-state index in [0.29, 0.717) is 6.54 Å². The summed E-state index contributed by atoms with van der Waals surface area (Å²) in [5.41, 5.74) is 0.0406. The molecule has 0 aromatic rings. The highest BCUT2D eigenvalue weighted by Crippen LogP contribution is 2.44. The second-order valence-electron chi connectivity index (χ2n) is 4.38. The van der Waals surface area contributed by atoms with Crippen LogP contribution < -0.4 is 5.32 Å². The standard InChI is InChI=1S/C10H17NO2S/c12-7-10(3-4-10)6-11-9(13)8-2-1-5-14-8/h8,12H,1-7H2,(H,11,13). The number of thioether (sulfide) groups is 1. The van der Waals surface area contributed by atoms with E-state index in [1.807, 2.05) is 0 Å². The van der Waals surface area contributed by atoms with Gasteiger partial charge in [-0.25, -0.2) is 0 Å². The van der Waals surface area contributed by atoms with Crippen LogP contribution >= 0.6 is 11.8 Å². The number of amides is 1. The molecule has 0 aromatic carbocycles. The number of carbonyl (C=O) groups excluding carboxylic acids is 1. The van der Waals surface area contributed by atoms with Crippen LogP contribution in [0.5, 0.6) is 0 Å². The normalized spacial score (nSPS) is 28.8. The van der Waals surface area contributed by atoms with E-state index in [2.05, 4.69) is 5.32 Å². The molecule has 1 atom stereocenters. The maximum Gasteiger partial charge on any atom is 0.233 e. The Kier molecular flexibility index (Phi) is 3.02. The number of nitrogens with one attached hydrogen (secondary N) is 1. The average Bonchev–Trinajstić information content (AvgIpc) is 2.78. The molecular weight excluding hydrogens is 198 g/mol. The molecule has 80 valence electrons. The van der Waals surface area contributed by atoms with E-state index in [0.717, 1.165) is 31.4 Å². The Labute approximate surface area is 88.6 Å². The third kappa shape index (κ3) is 2.23. The van der Waals surface area contributed by atoms with E-state index in [1.54, 1.807) is 11.8 Å². The second kappa shape index (κ2) is 4.11. The topological polar surface area (TPSA) is 49.3 Å². The minimum atomic E-state index is 0.0406. The van der Waals surface area contributed by atoms with Crippen molar-refractivity contribution in [2.24, 2.45) is 5.41 Å².